The van der Waals surface area contributed by atoms with Crippen molar-refractivity contribution in [1.82, 2.24) is 20.4 Å². The lowest BCUT2D eigenvalue weighted by atomic mass is 9.71. The zero-order chi connectivity index (χ0) is 30.7. The second-order valence-corrected chi connectivity index (χ2v) is 11.9. The number of fused-ring (bicyclic) bond motifs is 1. The lowest BCUT2D eigenvalue weighted by Crippen LogP contribution is -2.68. The quantitative estimate of drug-likeness (QED) is 0.180. The van der Waals surface area contributed by atoms with Gasteiger partial charge in [0.2, 0.25) is 5.91 Å². The number of carboxylic acids is 1. The van der Waals surface area contributed by atoms with Gasteiger partial charge in [-0.1, -0.05) is 43.5 Å². The molecule has 2 aliphatic rings. The molecule has 2 fully saturated rings. The Morgan fingerprint density at radius 3 is 2.30 bits per heavy atom. The average Bonchev–Trinajstić information content (AvgIpc) is 3.42. The van der Waals surface area contributed by atoms with Crippen LogP contribution in [0.5, 0.6) is 0 Å². The van der Waals surface area contributed by atoms with Crippen molar-refractivity contribution in [2.45, 2.75) is 62.4 Å². The molecule has 10 nitrogen and oxygen atoms in total. The van der Waals surface area contributed by atoms with Crippen molar-refractivity contribution >= 4 is 34.4 Å². The summed E-state index contributed by atoms with van der Waals surface area (Å²) in [6.45, 7) is 0.355. The molecule has 228 valence electrons. The van der Waals surface area contributed by atoms with E-state index in [1.54, 1.807) is 12.1 Å². The second kappa shape index (κ2) is 12.6. The number of aromatic carboxylic acids is 1. The summed E-state index contributed by atoms with van der Waals surface area (Å²) in [5.74, 6) is -1.43. The van der Waals surface area contributed by atoms with Crippen LogP contribution in [0.1, 0.15) is 77.3 Å². The minimum atomic E-state index is -1.18. The highest BCUT2D eigenvalue weighted by atomic mass is 16.4. The summed E-state index contributed by atoms with van der Waals surface area (Å²) >= 11 is 0. The molecule has 0 unspecified atom stereocenters. The molecule has 0 saturated heterocycles. The SMILES string of the molecule is O=C(O)c1ccc(NC(=O)C2(NC(=O)c3ccc4c(C5CCCCC5)n(-c5ccccc5)nc4c3)CC(NCCO)C2)cc1. The summed E-state index contributed by atoms with van der Waals surface area (Å²) in [5.41, 5.74) is 2.67. The standard InChI is InChI=1S/C34H37N5O5/c40-18-17-35-26-20-34(21-26,33(44)36-25-14-11-23(12-15-25)32(42)43)37-31(41)24-13-16-28-29(19-24)38-39(27-9-5-2-6-10-27)30(28)22-7-3-1-4-8-22/h2,5-6,9-16,19,22,26,35,40H,1,3-4,7-8,17-18,20-21H2,(H,36,44)(H,37,41)(H,42,43). The Labute approximate surface area is 255 Å². The first kappa shape index (κ1) is 29.5. The minimum Gasteiger partial charge on any atom is -0.478 e. The molecular weight excluding hydrogens is 558 g/mol. The fourth-order valence-electron chi connectivity index (χ4n) is 6.56. The molecular formula is C34H37N5O5. The first-order valence-electron chi connectivity index (χ1n) is 15.3. The maximum absolute atomic E-state index is 13.7. The number of rotatable bonds is 10. The number of nitrogens with zero attached hydrogens (tertiary/aromatic N) is 2. The molecule has 2 amide bonds. The number of nitrogens with one attached hydrogen (secondary N) is 3. The van der Waals surface area contributed by atoms with Gasteiger partial charge in [0.05, 0.1) is 29.1 Å². The Kier molecular flexibility index (Phi) is 8.45. The Morgan fingerprint density at radius 1 is 0.909 bits per heavy atom. The van der Waals surface area contributed by atoms with Gasteiger partial charge in [0.25, 0.3) is 5.91 Å². The predicted octanol–water partition coefficient (Wildman–Crippen LogP) is 4.62. The molecule has 3 aromatic carbocycles. The van der Waals surface area contributed by atoms with Crippen LogP contribution in [0.3, 0.4) is 0 Å². The molecule has 0 radical (unpaired) electrons. The molecule has 1 heterocycles. The zero-order valence-electron chi connectivity index (χ0n) is 24.5. The molecule has 10 heteroatoms. The third-order valence-electron chi connectivity index (χ3n) is 8.88. The monoisotopic (exact) mass is 595 g/mol. The van der Waals surface area contributed by atoms with Crippen LogP contribution in [0.4, 0.5) is 5.69 Å². The Hall–Kier alpha value is -4.54. The maximum atomic E-state index is 13.7. The van der Waals surface area contributed by atoms with Gasteiger partial charge in [-0.3, -0.25) is 9.59 Å². The summed E-state index contributed by atoms with van der Waals surface area (Å²) in [6.07, 6.45) is 6.53. The summed E-state index contributed by atoms with van der Waals surface area (Å²) < 4.78 is 2.02. The van der Waals surface area contributed by atoms with Crippen LogP contribution in [0.25, 0.3) is 16.6 Å². The number of carbonyl (C=O) groups is 3. The van der Waals surface area contributed by atoms with Gasteiger partial charge in [0.15, 0.2) is 0 Å². The highest BCUT2D eigenvalue weighted by molar-refractivity contribution is 6.05. The number of aliphatic hydroxyl groups is 1. The van der Waals surface area contributed by atoms with Crippen LogP contribution in [0.2, 0.25) is 0 Å². The van der Waals surface area contributed by atoms with E-state index in [9.17, 15) is 24.6 Å². The molecule has 1 aromatic heterocycles. The number of aliphatic hydroxyl groups excluding tert-OH is 1. The van der Waals surface area contributed by atoms with E-state index < -0.39 is 11.5 Å². The zero-order valence-corrected chi connectivity index (χ0v) is 24.5. The fraction of sp³-hybridized carbons (Fsp3) is 0.353. The van der Waals surface area contributed by atoms with Gasteiger partial charge in [-0.25, -0.2) is 9.48 Å². The molecule has 0 bridgehead atoms. The van der Waals surface area contributed by atoms with Crippen molar-refractivity contribution in [3.8, 4) is 5.69 Å². The number of hydrogen-bond donors (Lipinski definition) is 5. The highest BCUT2D eigenvalue weighted by Gasteiger charge is 2.51. The van der Waals surface area contributed by atoms with Crippen molar-refractivity contribution in [2.24, 2.45) is 0 Å². The van der Waals surface area contributed by atoms with Gasteiger partial charge in [0, 0.05) is 35.1 Å². The van der Waals surface area contributed by atoms with Gasteiger partial charge in [-0.05, 0) is 74.2 Å². The lowest BCUT2D eigenvalue weighted by molar-refractivity contribution is -0.126. The van der Waals surface area contributed by atoms with Gasteiger partial charge in [0.1, 0.15) is 5.54 Å². The highest BCUT2D eigenvalue weighted by Crippen LogP contribution is 2.38. The van der Waals surface area contributed by atoms with Crippen molar-refractivity contribution in [3.05, 3.63) is 89.6 Å². The third kappa shape index (κ3) is 5.95. The number of para-hydroxylation sites is 1. The van der Waals surface area contributed by atoms with E-state index >= 15 is 0 Å². The number of carbonyl (C=O) groups excluding carboxylic acids is 2. The number of hydrogen-bond acceptors (Lipinski definition) is 6. The molecule has 0 spiro atoms. The van der Waals surface area contributed by atoms with E-state index in [1.807, 2.05) is 41.1 Å². The van der Waals surface area contributed by atoms with Gasteiger partial charge in [-0.15, -0.1) is 0 Å². The number of amides is 2. The van der Waals surface area contributed by atoms with Crippen LogP contribution in [0.15, 0.2) is 72.8 Å². The molecule has 44 heavy (non-hydrogen) atoms. The van der Waals surface area contributed by atoms with Gasteiger partial charge in [-0.2, -0.15) is 5.10 Å². The Bertz CT molecular complexity index is 1650. The van der Waals surface area contributed by atoms with Gasteiger partial charge < -0.3 is 26.2 Å². The minimum absolute atomic E-state index is 0.0313. The smallest absolute Gasteiger partial charge is 0.335 e. The van der Waals surface area contributed by atoms with Crippen molar-refractivity contribution < 1.29 is 24.6 Å². The molecule has 2 saturated carbocycles. The number of aromatic nitrogens is 2. The predicted molar refractivity (Wildman–Crippen MR) is 167 cm³/mol. The number of anilines is 1. The summed E-state index contributed by atoms with van der Waals surface area (Å²) in [5, 5.41) is 33.5. The molecule has 5 N–H and O–H groups in total. The van der Waals surface area contributed by atoms with Crippen LogP contribution in [-0.2, 0) is 4.79 Å². The van der Waals surface area contributed by atoms with E-state index in [2.05, 4.69) is 16.0 Å². The van der Waals surface area contributed by atoms with Gasteiger partial charge >= 0.3 is 5.97 Å². The number of benzene rings is 3. The Balaban J connectivity index is 1.27. The van der Waals surface area contributed by atoms with E-state index in [0.717, 1.165) is 29.4 Å². The summed E-state index contributed by atoms with van der Waals surface area (Å²) in [4.78, 5) is 38.5. The van der Waals surface area contributed by atoms with Crippen LogP contribution in [-0.4, -0.2) is 62.5 Å². The summed E-state index contributed by atoms with van der Waals surface area (Å²) in [6, 6.07) is 21.5. The first-order valence-corrected chi connectivity index (χ1v) is 15.3. The van der Waals surface area contributed by atoms with E-state index in [4.69, 9.17) is 5.10 Å². The molecule has 6 rings (SSSR count). The van der Waals surface area contributed by atoms with Crippen molar-refractivity contribution in [1.29, 1.82) is 0 Å². The van der Waals surface area contributed by atoms with E-state index in [-0.39, 0.29) is 30.0 Å². The van der Waals surface area contributed by atoms with Crippen LogP contribution in [0, 0.1) is 0 Å². The van der Waals surface area contributed by atoms with Crippen LogP contribution >= 0.6 is 0 Å². The fourth-order valence-corrected chi connectivity index (χ4v) is 6.56. The average molecular weight is 596 g/mol. The Morgan fingerprint density at radius 2 is 1.61 bits per heavy atom. The molecule has 4 aromatic rings. The lowest BCUT2D eigenvalue weighted by Gasteiger charge is -2.47. The normalized spacial score (nSPS) is 20.2. The largest absolute Gasteiger partial charge is 0.478 e. The summed E-state index contributed by atoms with van der Waals surface area (Å²) in [7, 11) is 0. The molecule has 0 aliphatic heterocycles. The van der Waals surface area contributed by atoms with Crippen molar-refractivity contribution in [3.63, 3.8) is 0 Å². The maximum Gasteiger partial charge on any atom is 0.335 e. The molecule has 0 atom stereocenters. The van der Waals surface area contributed by atoms with E-state index in [1.165, 1.54) is 49.2 Å². The first-order chi connectivity index (χ1) is 21.4. The second-order valence-electron chi connectivity index (χ2n) is 11.9. The van der Waals surface area contributed by atoms with Crippen molar-refractivity contribution in [2.75, 3.05) is 18.5 Å². The van der Waals surface area contributed by atoms with E-state index in [0.29, 0.717) is 36.6 Å². The third-order valence-corrected chi connectivity index (χ3v) is 8.88. The topological polar surface area (TPSA) is 146 Å². The number of carboxylic acid groups (broad SMARTS) is 1. The molecule has 2 aliphatic carbocycles. The van der Waals surface area contributed by atoms with Crippen LogP contribution < -0.4 is 16.0 Å².